The molecule has 0 aromatic rings. The zero-order valence-corrected chi connectivity index (χ0v) is 15.6. The van der Waals surface area contributed by atoms with Crippen molar-refractivity contribution >= 4 is 5.96 Å². The molecule has 0 aromatic carbocycles. The lowest BCUT2D eigenvalue weighted by Crippen LogP contribution is -2.47. The van der Waals surface area contributed by atoms with Gasteiger partial charge >= 0.3 is 0 Å². The summed E-state index contributed by atoms with van der Waals surface area (Å²) >= 11 is 0. The Kier molecular flexibility index (Phi) is 7.63. The van der Waals surface area contributed by atoms with Crippen LogP contribution < -0.4 is 10.6 Å². The molecule has 0 radical (unpaired) electrons. The molecule has 2 fully saturated rings. The van der Waals surface area contributed by atoms with Crippen molar-refractivity contribution in [3.63, 3.8) is 0 Å². The van der Waals surface area contributed by atoms with Crippen molar-refractivity contribution in [3.05, 3.63) is 0 Å². The molecular weight excluding hydrogens is 286 g/mol. The average Bonchev–Trinajstić information content (AvgIpc) is 3.16. The molecule has 2 saturated heterocycles. The fourth-order valence-corrected chi connectivity index (χ4v) is 3.66. The molecule has 2 atom stereocenters. The second-order valence-electron chi connectivity index (χ2n) is 7.53. The molecule has 2 heterocycles. The fraction of sp³-hybridized carbons (Fsp3) is 0.944. The molecule has 2 aliphatic rings. The highest BCUT2D eigenvalue weighted by molar-refractivity contribution is 5.80. The van der Waals surface area contributed by atoms with Gasteiger partial charge in [-0.1, -0.05) is 6.92 Å². The van der Waals surface area contributed by atoms with Crippen LogP contribution in [0.25, 0.3) is 0 Å². The molecule has 0 saturated carbocycles. The van der Waals surface area contributed by atoms with E-state index in [1.165, 1.54) is 51.9 Å². The molecular formula is C18H37N5. The highest BCUT2D eigenvalue weighted by Crippen LogP contribution is 2.18. The van der Waals surface area contributed by atoms with Gasteiger partial charge in [-0.05, 0) is 65.1 Å². The van der Waals surface area contributed by atoms with Crippen LogP contribution in [-0.4, -0.2) is 74.2 Å². The first-order valence-corrected chi connectivity index (χ1v) is 9.53. The lowest BCUT2D eigenvalue weighted by Gasteiger charge is -2.22. The SMILES string of the molecule is CN=C(NCCCCN1CCCC1)NC1CN(C(C)C)CC1C. The summed E-state index contributed by atoms with van der Waals surface area (Å²) in [5.41, 5.74) is 0. The van der Waals surface area contributed by atoms with Gasteiger partial charge in [0.1, 0.15) is 0 Å². The molecule has 2 aliphatic heterocycles. The van der Waals surface area contributed by atoms with E-state index in [0.29, 0.717) is 18.0 Å². The van der Waals surface area contributed by atoms with Crippen LogP contribution in [0, 0.1) is 5.92 Å². The maximum atomic E-state index is 4.40. The molecule has 2 rings (SSSR count). The van der Waals surface area contributed by atoms with Crippen LogP contribution in [-0.2, 0) is 0 Å². The van der Waals surface area contributed by atoms with Crippen LogP contribution in [0.3, 0.4) is 0 Å². The lowest BCUT2D eigenvalue weighted by molar-refractivity contribution is 0.265. The largest absolute Gasteiger partial charge is 0.356 e. The van der Waals surface area contributed by atoms with Crippen molar-refractivity contribution in [2.75, 3.05) is 46.3 Å². The number of hydrogen-bond donors (Lipinski definition) is 2. The first-order valence-electron chi connectivity index (χ1n) is 9.53. The second kappa shape index (κ2) is 9.48. The van der Waals surface area contributed by atoms with Crippen LogP contribution in [0.15, 0.2) is 4.99 Å². The third kappa shape index (κ3) is 5.96. The van der Waals surface area contributed by atoms with E-state index in [2.05, 4.69) is 46.2 Å². The molecule has 0 amide bonds. The molecule has 0 spiro atoms. The third-order valence-electron chi connectivity index (χ3n) is 5.31. The van der Waals surface area contributed by atoms with Gasteiger partial charge in [0.25, 0.3) is 0 Å². The molecule has 23 heavy (non-hydrogen) atoms. The summed E-state index contributed by atoms with van der Waals surface area (Å²) in [6.07, 6.45) is 5.28. The minimum Gasteiger partial charge on any atom is -0.356 e. The van der Waals surface area contributed by atoms with E-state index in [9.17, 15) is 0 Å². The van der Waals surface area contributed by atoms with E-state index in [1.54, 1.807) is 0 Å². The summed E-state index contributed by atoms with van der Waals surface area (Å²) < 4.78 is 0. The number of guanidine groups is 1. The molecule has 5 heteroatoms. The van der Waals surface area contributed by atoms with E-state index < -0.39 is 0 Å². The van der Waals surface area contributed by atoms with Crippen molar-refractivity contribution in [3.8, 4) is 0 Å². The van der Waals surface area contributed by atoms with Crippen LogP contribution in [0.5, 0.6) is 0 Å². The van der Waals surface area contributed by atoms with Gasteiger partial charge in [-0.15, -0.1) is 0 Å². The van der Waals surface area contributed by atoms with Crippen LogP contribution in [0.2, 0.25) is 0 Å². The number of unbranched alkanes of at least 4 members (excludes halogenated alkanes) is 1. The predicted octanol–water partition coefficient (Wildman–Crippen LogP) is 1.76. The Bertz CT molecular complexity index is 362. The topological polar surface area (TPSA) is 42.9 Å². The first kappa shape index (κ1) is 18.5. The monoisotopic (exact) mass is 323 g/mol. The molecule has 0 aliphatic carbocycles. The second-order valence-corrected chi connectivity index (χ2v) is 7.53. The molecule has 0 aromatic heterocycles. The molecule has 2 unspecified atom stereocenters. The average molecular weight is 324 g/mol. The van der Waals surface area contributed by atoms with E-state index >= 15 is 0 Å². The quantitative estimate of drug-likeness (QED) is 0.426. The van der Waals surface area contributed by atoms with Crippen molar-refractivity contribution in [2.24, 2.45) is 10.9 Å². The van der Waals surface area contributed by atoms with Gasteiger partial charge in [-0.3, -0.25) is 9.89 Å². The van der Waals surface area contributed by atoms with E-state index in [4.69, 9.17) is 0 Å². The number of nitrogens with zero attached hydrogens (tertiary/aromatic N) is 3. The summed E-state index contributed by atoms with van der Waals surface area (Å²) in [5.74, 6) is 1.64. The van der Waals surface area contributed by atoms with Crippen molar-refractivity contribution in [1.82, 2.24) is 20.4 Å². The maximum absolute atomic E-state index is 4.40. The minimum atomic E-state index is 0.508. The Morgan fingerprint density at radius 1 is 1.17 bits per heavy atom. The highest BCUT2D eigenvalue weighted by Gasteiger charge is 2.31. The van der Waals surface area contributed by atoms with Crippen molar-refractivity contribution in [2.45, 2.75) is 58.5 Å². The van der Waals surface area contributed by atoms with Gasteiger partial charge in [0.2, 0.25) is 0 Å². The summed E-state index contributed by atoms with van der Waals surface area (Å²) in [6, 6.07) is 1.14. The Balaban J connectivity index is 1.61. The van der Waals surface area contributed by atoms with Crippen LogP contribution in [0.4, 0.5) is 0 Å². The van der Waals surface area contributed by atoms with Gasteiger partial charge in [0.15, 0.2) is 5.96 Å². The number of nitrogens with one attached hydrogen (secondary N) is 2. The van der Waals surface area contributed by atoms with Gasteiger partial charge in [0.05, 0.1) is 0 Å². The minimum absolute atomic E-state index is 0.508. The van der Waals surface area contributed by atoms with Crippen LogP contribution >= 0.6 is 0 Å². The molecule has 0 bridgehead atoms. The van der Waals surface area contributed by atoms with Gasteiger partial charge in [-0.2, -0.15) is 0 Å². The number of rotatable bonds is 7. The molecule has 134 valence electrons. The Hall–Kier alpha value is -0.810. The van der Waals surface area contributed by atoms with E-state index in [-0.39, 0.29) is 0 Å². The number of hydrogen-bond acceptors (Lipinski definition) is 3. The van der Waals surface area contributed by atoms with Gasteiger partial charge in [-0.25, -0.2) is 0 Å². The first-order chi connectivity index (χ1) is 11.1. The Morgan fingerprint density at radius 3 is 2.52 bits per heavy atom. The lowest BCUT2D eigenvalue weighted by atomic mass is 10.1. The fourth-order valence-electron chi connectivity index (χ4n) is 3.66. The van der Waals surface area contributed by atoms with Crippen molar-refractivity contribution < 1.29 is 0 Å². The van der Waals surface area contributed by atoms with Crippen molar-refractivity contribution in [1.29, 1.82) is 0 Å². The van der Waals surface area contributed by atoms with E-state index in [1.807, 2.05) is 7.05 Å². The third-order valence-corrected chi connectivity index (χ3v) is 5.31. The normalized spacial score (nSPS) is 27.1. The highest BCUT2D eigenvalue weighted by atomic mass is 15.3. The Morgan fingerprint density at radius 2 is 1.91 bits per heavy atom. The van der Waals surface area contributed by atoms with E-state index in [0.717, 1.165) is 19.0 Å². The summed E-state index contributed by atoms with van der Waals surface area (Å²) in [6.45, 7) is 14.1. The number of likely N-dealkylation sites (tertiary alicyclic amines) is 2. The molecule has 5 nitrogen and oxygen atoms in total. The number of aliphatic imine (C=N–C) groups is 1. The summed E-state index contributed by atoms with van der Waals surface area (Å²) in [4.78, 5) is 9.53. The van der Waals surface area contributed by atoms with Gasteiger partial charge in [0, 0.05) is 38.8 Å². The van der Waals surface area contributed by atoms with Gasteiger partial charge < -0.3 is 15.5 Å². The zero-order valence-electron chi connectivity index (χ0n) is 15.6. The Labute approximate surface area is 142 Å². The maximum Gasteiger partial charge on any atom is 0.191 e. The zero-order chi connectivity index (χ0) is 16.7. The standard InChI is InChI=1S/C18H37N5/c1-15(2)23-13-16(3)17(14-23)21-18(19-4)20-9-5-6-10-22-11-7-8-12-22/h15-17H,5-14H2,1-4H3,(H2,19,20,21). The van der Waals surface area contributed by atoms with Crippen LogP contribution in [0.1, 0.15) is 46.5 Å². The summed E-state index contributed by atoms with van der Waals surface area (Å²) in [7, 11) is 1.87. The summed E-state index contributed by atoms with van der Waals surface area (Å²) in [5, 5.41) is 7.11. The predicted molar refractivity (Wildman–Crippen MR) is 99.1 cm³/mol. The smallest absolute Gasteiger partial charge is 0.191 e. The molecule has 2 N–H and O–H groups in total.